The van der Waals surface area contributed by atoms with Crippen molar-refractivity contribution in [3.8, 4) is 34.3 Å². The largest absolute Gasteiger partial charge is 0.481 e. The monoisotopic (exact) mass is 502 g/mol. The van der Waals surface area contributed by atoms with Crippen LogP contribution in [0.4, 0.5) is 0 Å². The molecule has 3 N–H and O–H groups in total. The maximum atomic E-state index is 11.4. The molecule has 0 aliphatic heterocycles. The zero-order chi connectivity index (χ0) is 25.8. The molecule has 2 aromatic heterocycles. The van der Waals surface area contributed by atoms with E-state index in [0.29, 0.717) is 29.6 Å². The van der Waals surface area contributed by atoms with Gasteiger partial charge < -0.3 is 24.6 Å². The van der Waals surface area contributed by atoms with Crippen LogP contribution in [-0.2, 0) is 11.2 Å². The fraction of sp³-hybridized carbons (Fsp3) is 0.357. The fourth-order valence-electron chi connectivity index (χ4n) is 4.95. The number of aliphatic carboxylic acids is 1. The van der Waals surface area contributed by atoms with Gasteiger partial charge in [0.05, 0.1) is 12.0 Å². The lowest BCUT2D eigenvalue weighted by molar-refractivity contribution is -0.142. The minimum absolute atomic E-state index is 0.110. The van der Waals surface area contributed by atoms with Gasteiger partial charge in [0, 0.05) is 29.3 Å². The summed E-state index contributed by atoms with van der Waals surface area (Å²) in [6.07, 6.45) is 3.27. The second-order valence-electron chi connectivity index (χ2n) is 9.41. The second-order valence-corrected chi connectivity index (χ2v) is 9.41. The number of benzene rings is 2. The van der Waals surface area contributed by atoms with E-state index in [2.05, 4.69) is 27.5 Å². The van der Waals surface area contributed by atoms with Gasteiger partial charge in [-0.1, -0.05) is 84.7 Å². The van der Waals surface area contributed by atoms with Crippen LogP contribution in [0.25, 0.3) is 34.3 Å². The quantitative estimate of drug-likeness (QED) is 0.277. The Bertz CT molecular complexity index is 1330. The highest BCUT2D eigenvalue weighted by Crippen LogP contribution is 2.33. The van der Waals surface area contributed by atoms with Gasteiger partial charge in [0.25, 0.3) is 5.89 Å². The maximum Gasteiger partial charge on any atom is 0.308 e. The molecular formula is C28H30N4O5. The van der Waals surface area contributed by atoms with E-state index in [4.69, 9.17) is 9.05 Å². The minimum Gasteiger partial charge on any atom is -0.481 e. The Morgan fingerprint density at radius 1 is 1.05 bits per heavy atom. The number of nitrogens with zero attached hydrogens (tertiary/aromatic N) is 3. The number of rotatable bonds is 10. The predicted molar refractivity (Wildman–Crippen MR) is 136 cm³/mol. The molecule has 192 valence electrons. The van der Waals surface area contributed by atoms with Crippen LogP contribution in [0.15, 0.2) is 63.6 Å². The average Bonchev–Trinajstić information content (AvgIpc) is 3.68. The van der Waals surface area contributed by atoms with Gasteiger partial charge in [0.1, 0.15) is 0 Å². The molecule has 0 spiro atoms. The number of nitrogens with one attached hydrogen (secondary N) is 1. The van der Waals surface area contributed by atoms with E-state index in [1.807, 2.05) is 54.6 Å². The number of aromatic nitrogens is 3. The van der Waals surface area contributed by atoms with Crippen molar-refractivity contribution in [2.24, 2.45) is 5.92 Å². The molecule has 0 radical (unpaired) electrons. The van der Waals surface area contributed by atoms with Crippen molar-refractivity contribution in [3.05, 3.63) is 65.7 Å². The van der Waals surface area contributed by atoms with Crippen molar-refractivity contribution in [2.45, 2.75) is 51.2 Å². The van der Waals surface area contributed by atoms with Crippen molar-refractivity contribution in [2.75, 3.05) is 6.54 Å². The highest BCUT2D eigenvalue weighted by atomic mass is 16.5. The van der Waals surface area contributed by atoms with Gasteiger partial charge in [-0.2, -0.15) is 4.98 Å². The number of hydrogen-bond donors (Lipinski definition) is 3. The maximum absolute atomic E-state index is 11.4. The molecule has 1 aliphatic rings. The molecule has 0 amide bonds. The first kappa shape index (κ1) is 24.9. The second kappa shape index (κ2) is 11.1. The summed E-state index contributed by atoms with van der Waals surface area (Å²) < 4.78 is 11.2. The summed E-state index contributed by atoms with van der Waals surface area (Å²) in [5.74, 6) is 0.236. The molecule has 3 atom stereocenters. The Morgan fingerprint density at radius 3 is 2.57 bits per heavy atom. The van der Waals surface area contributed by atoms with E-state index in [-0.39, 0.29) is 12.6 Å². The normalized spacial score (nSPS) is 18.2. The SMILES string of the molecule is CCCc1c(-c2nc(-c3ccc(C(O)CN[C@@H]4CCC[C@@H]4C(=O)O)cc3)no2)noc1-c1ccccc1. The van der Waals surface area contributed by atoms with E-state index in [0.717, 1.165) is 47.9 Å². The van der Waals surface area contributed by atoms with Crippen LogP contribution < -0.4 is 5.32 Å². The third kappa shape index (κ3) is 5.33. The molecule has 2 heterocycles. The van der Waals surface area contributed by atoms with Crippen LogP contribution in [0.5, 0.6) is 0 Å². The Kier molecular flexibility index (Phi) is 7.43. The smallest absolute Gasteiger partial charge is 0.308 e. The number of aliphatic hydroxyl groups excluding tert-OH is 1. The summed E-state index contributed by atoms with van der Waals surface area (Å²) in [5.41, 5.74) is 3.88. The minimum atomic E-state index is -0.781. The summed E-state index contributed by atoms with van der Waals surface area (Å²) >= 11 is 0. The van der Waals surface area contributed by atoms with E-state index in [1.54, 1.807) is 0 Å². The molecule has 1 fully saturated rings. The standard InChI is InChI=1S/C28H30N4O5/c1-2-7-21-24(31-36-25(21)18-8-4-3-5-9-18)27-30-26(32-37-27)19-14-12-17(13-15-19)23(33)16-29-22-11-6-10-20(22)28(34)35/h3-5,8-9,12-15,20,22-23,29,33H,2,6-7,10-11,16H2,1H3,(H,34,35)/t20-,22+,23?/m0/s1. The van der Waals surface area contributed by atoms with Gasteiger partial charge in [0.15, 0.2) is 11.5 Å². The molecule has 9 nitrogen and oxygen atoms in total. The fourth-order valence-corrected chi connectivity index (χ4v) is 4.95. The van der Waals surface area contributed by atoms with Crippen LogP contribution in [-0.4, -0.2) is 44.1 Å². The molecule has 1 unspecified atom stereocenters. The summed E-state index contributed by atoms with van der Waals surface area (Å²) in [4.78, 5) is 15.9. The topological polar surface area (TPSA) is 135 Å². The van der Waals surface area contributed by atoms with Gasteiger partial charge in [0.2, 0.25) is 5.82 Å². The average molecular weight is 503 g/mol. The number of carbonyl (C=O) groups is 1. The molecular weight excluding hydrogens is 472 g/mol. The molecule has 0 saturated heterocycles. The zero-order valence-corrected chi connectivity index (χ0v) is 20.6. The molecule has 2 aromatic carbocycles. The van der Waals surface area contributed by atoms with E-state index >= 15 is 0 Å². The predicted octanol–water partition coefficient (Wildman–Crippen LogP) is 4.89. The number of hydrogen-bond acceptors (Lipinski definition) is 8. The highest BCUT2D eigenvalue weighted by molar-refractivity contribution is 5.71. The zero-order valence-electron chi connectivity index (χ0n) is 20.6. The van der Waals surface area contributed by atoms with Crippen molar-refractivity contribution in [3.63, 3.8) is 0 Å². The van der Waals surface area contributed by atoms with Gasteiger partial charge in [-0.25, -0.2) is 0 Å². The van der Waals surface area contributed by atoms with E-state index in [9.17, 15) is 15.0 Å². The molecule has 5 rings (SSSR count). The van der Waals surface area contributed by atoms with Gasteiger partial charge in [-0.15, -0.1) is 0 Å². The Balaban J connectivity index is 1.29. The number of carboxylic acids is 1. The first-order valence-electron chi connectivity index (χ1n) is 12.7. The number of aliphatic hydroxyl groups is 1. The first-order valence-corrected chi connectivity index (χ1v) is 12.7. The summed E-state index contributed by atoms with van der Waals surface area (Å²) in [6, 6.07) is 17.0. The summed E-state index contributed by atoms with van der Waals surface area (Å²) in [5, 5.41) is 31.6. The van der Waals surface area contributed by atoms with Crippen LogP contribution in [0, 0.1) is 5.92 Å². The van der Waals surface area contributed by atoms with Gasteiger partial charge in [-0.05, 0) is 24.8 Å². The molecule has 1 saturated carbocycles. The van der Waals surface area contributed by atoms with Crippen LogP contribution >= 0.6 is 0 Å². The highest BCUT2D eigenvalue weighted by Gasteiger charge is 2.32. The van der Waals surface area contributed by atoms with Crippen LogP contribution in [0.2, 0.25) is 0 Å². The third-order valence-electron chi connectivity index (χ3n) is 6.91. The molecule has 9 heteroatoms. The van der Waals surface area contributed by atoms with E-state index in [1.165, 1.54) is 0 Å². The van der Waals surface area contributed by atoms with Crippen molar-refractivity contribution in [1.82, 2.24) is 20.6 Å². The lowest BCUT2D eigenvalue weighted by Gasteiger charge is -2.20. The molecule has 0 bridgehead atoms. The van der Waals surface area contributed by atoms with Crippen molar-refractivity contribution in [1.29, 1.82) is 0 Å². The molecule has 1 aliphatic carbocycles. The Labute approximate surface area is 214 Å². The lowest BCUT2D eigenvalue weighted by atomic mass is 10.0. The van der Waals surface area contributed by atoms with Crippen molar-refractivity contribution >= 4 is 5.97 Å². The Hall–Kier alpha value is -3.82. The van der Waals surface area contributed by atoms with Crippen molar-refractivity contribution < 1.29 is 24.1 Å². The third-order valence-corrected chi connectivity index (χ3v) is 6.91. The van der Waals surface area contributed by atoms with Gasteiger partial charge >= 0.3 is 5.97 Å². The summed E-state index contributed by atoms with van der Waals surface area (Å²) in [6.45, 7) is 2.38. The van der Waals surface area contributed by atoms with Crippen LogP contribution in [0.1, 0.15) is 49.8 Å². The molecule has 4 aromatic rings. The number of carboxylic acid groups (broad SMARTS) is 1. The molecule has 37 heavy (non-hydrogen) atoms. The lowest BCUT2D eigenvalue weighted by Crippen LogP contribution is -2.38. The Morgan fingerprint density at radius 2 is 1.84 bits per heavy atom. The first-order chi connectivity index (χ1) is 18.0. The summed E-state index contributed by atoms with van der Waals surface area (Å²) in [7, 11) is 0. The van der Waals surface area contributed by atoms with Gasteiger partial charge in [-0.3, -0.25) is 4.79 Å². The van der Waals surface area contributed by atoms with E-state index < -0.39 is 18.0 Å². The van der Waals surface area contributed by atoms with Crippen LogP contribution in [0.3, 0.4) is 0 Å².